The number of rotatable bonds is 3. The van der Waals surface area contributed by atoms with E-state index >= 15 is 0 Å². The Labute approximate surface area is 104 Å². The molecule has 1 aliphatic rings. The lowest BCUT2D eigenvalue weighted by molar-refractivity contribution is 0.0569. The number of hydrogen-bond acceptors (Lipinski definition) is 5. The summed E-state index contributed by atoms with van der Waals surface area (Å²) < 4.78 is 0. The summed E-state index contributed by atoms with van der Waals surface area (Å²) in [5.74, 6) is -0.0951. The van der Waals surface area contributed by atoms with Crippen LogP contribution in [0.3, 0.4) is 0 Å². The molecule has 1 amide bonds. The Morgan fingerprint density at radius 2 is 2.53 bits per heavy atom. The van der Waals surface area contributed by atoms with Gasteiger partial charge in [0.15, 0.2) is 0 Å². The Kier molecular flexibility index (Phi) is 3.46. The maximum absolute atomic E-state index is 12.1. The van der Waals surface area contributed by atoms with Gasteiger partial charge in [0, 0.05) is 24.9 Å². The largest absolute Gasteiger partial charge is 0.388 e. The zero-order valence-corrected chi connectivity index (χ0v) is 10.7. The summed E-state index contributed by atoms with van der Waals surface area (Å²) in [7, 11) is 0. The molecule has 1 aliphatic heterocycles. The molecule has 0 spiro atoms. The number of carbonyl (C=O) groups is 1. The number of β-amino-alcohol motifs (C(OH)–C–C–N with tert-alkyl or cyclic N) is 1. The minimum Gasteiger partial charge on any atom is -0.388 e. The molecule has 1 saturated heterocycles. The fourth-order valence-electron chi connectivity index (χ4n) is 1.93. The first-order chi connectivity index (χ1) is 8.02. The van der Waals surface area contributed by atoms with E-state index in [0.29, 0.717) is 38.2 Å². The van der Waals surface area contributed by atoms with Crippen molar-refractivity contribution in [3.8, 4) is 0 Å². The van der Waals surface area contributed by atoms with Crippen LogP contribution in [0.4, 0.5) is 0 Å². The average molecular weight is 255 g/mol. The first kappa shape index (κ1) is 12.5. The van der Waals surface area contributed by atoms with E-state index in [0.717, 1.165) is 5.01 Å². The fraction of sp³-hybridized carbons (Fsp3) is 0.636. The first-order valence-corrected chi connectivity index (χ1v) is 6.56. The van der Waals surface area contributed by atoms with Crippen LogP contribution in [-0.4, -0.2) is 46.1 Å². The number of aliphatic hydroxyl groups is 1. The molecule has 0 saturated carbocycles. The highest BCUT2D eigenvalue weighted by Gasteiger charge is 2.34. The lowest BCUT2D eigenvalue weighted by atomic mass is 10.1. The number of aromatic nitrogens is 1. The maximum atomic E-state index is 12.1. The van der Waals surface area contributed by atoms with Crippen molar-refractivity contribution in [2.75, 3.05) is 19.6 Å². The third-order valence-corrected chi connectivity index (χ3v) is 3.78. The van der Waals surface area contributed by atoms with Crippen molar-refractivity contribution in [3.05, 3.63) is 16.1 Å². The van der Waals surface area contributed by atoms with E-state index in [1.807, 2.05) is 0 Å². The Morgan fingerprint density at radius 3 is 3.12 bits per heavy atom. The molecular weight excluding hydrogens is 238 g/mol. The van der Waals surface area contributed by atoms with Gasteiger partial charge in [0.2, 0.25) is 0 Å². The minimum atomic E-state index is -0.758. The van der Waals surface area contributed by atoms with Gasteiger partial charge in [-0.15, -0.1) is 11.3 Å². The van der Waals surface area contributed by atoms with Crippen molar-refractivity contribution >= 4 is 17.2 Å². The molecule has 1 fully saturated rings. The summed E-state index contributed by atoms with van der Waals surface area (Å²) in [6.45, 7) is 3.27. The van der Waals surface area contributed by atoms with Gasteiger partial charge in [0.25, 0.3) is 5.91 Å². The zero-order valence-electron chi connectivity index (χ0n) is 9.85. The van der Waals surface area contributed by atoms with Gasteiger partial charge < -0.3 is 15.7 Å². The SMILES string of the molecule is CC1(O)CCN(C(=O)c2csc(CCN)n2)C1. The van der Waals surface area contributed by atoms with Gasteiger partial charge >= 0.3 is 0 Å². The topological polar surface area (TPSA) is 79.5 Å². The van der Waals surface area contributed by atoms with Gasteiger partial charge in [-0.25, -0.2) is 4.98 Å². The summed E-state index contributed by atoms with van der Waals surface area (Å²) >= 11 is 1.46. The molecule has 6 heteroatoms. The predicted octanol–water partition coefficient (Wildman–Crippen LogP) is 0.241. The molecule has 0 aromatic carbocycles. The second kappa shape index (κ2) is 4.72. The van der Waals surface area contributed by atoms with Crippen LogP contribution in [-0.2, 0) is 6.42 Å². The monoisotopic (exact) mass is 255 g/mol. The van der Waals surface area contributed by atoms with Crippen LogP contribution in [0, 0.1) is 0 Å². The molecule has 1 unspecified atom stereocenters. The lowest BCUT2D eigenvalue weighted by Crippen LogP contribution is -2.34. The van der Waals surface area contributed by atoms with E-state index in [2.05, 4.69) is 4.98 Å². The Hall–Kier alpha value is -0.980. The molecule has 1 aromatic heterocycles. The molecule has 2 heterocycles. The summed E-state index contributed by atoms with van der Waals surface area (Å²) in [4.78, 5) is 18.0. The molecule has 0 aliphatic carbocycles. The molecule has 17 heavy (non-hydrogen) atoms. The van der Waals surface area contributed by atoms with E-state index in [-0.39, 0.29) is 5.91 Å². The number of carbonyl (C=O) groups excluding carboxylic acids is 1. The Bertz CT molecular complexity index is 417. The van der Waals surface area contributed by atoms with Crippen LogP contribution in [0.15, 0.2) is 5.38 Å². The summed E-state index contributed by atoms with van der Waals surface area (Å²) in [6, 6.07) is 0. The fourth-order valence-corrected chi connectivity index (χ4v) is 2.72. The van der Waals surface area contributed by atoms with Crippen molar-refractivity contribution in [2.24, 2.45) is 5.73 Å². The Balaban J connectivity index is 2.04. The lowest BCUT2D eigenvalue weighted by Gasteiger charge is -2.17. The maximum Gasteiger partial charge on any atom is 0.273 e. The molecule has 1 aromatic rings. The van der Waals surface area contributed by atoms with Crippen LogP contribution < -0.4 is 5.73 Å². The van der Waals surface area contributed by atoms with Gasteiger partial charge in [-0.2, -0.15) is 0 Å². The van der Waals surface area contributed by atoms with E-state index in [1.165, 1.54) is 11.3 Å². The number of hydrogen-bond donors (Lipinski definition) is 2. The predicted molar refractivity (Wildman–Crippen MR) is 66.0 cm³/mol. The van der Waals surface area contributed by atoms with Crippen molar-refractivity contribution < 1.29 is 9.90 Å². The Morgan fingerprint density at radius 1 is 1.76 bits per heavy atom. The van der Waals surface area contributed by atoms with E-state index in [1.54, 1.807) is 17.2 Å². The number of likely N-dealkylation sites (tertiary alicyclic amines) is 1. The van der Waals surface area contributed by atoms with Crippen molar-refractivity contribution in [3.63, 3.8) is 0 Å². The van der Waals surface area contributed by atoms with Crippen LogP contribution >= 0.6 is 11.3 Å². The molecule has 0 bridgehead atoms. The zero-order chi connectivity index (χ0) is 12.5. The normalized spacial score (nSPS) is 24.3. The highest BCUT2D eigenvalue weighted by atomic mass is 32.1. The molecule has 3 N–H and O–H groups in total. The molecular formula is C11H17N3O2S. The van der Waals surface area contributed by atoms with Crippen LogP contribution in [0.25, 0.3) is 0 Å². The third kappa shape index (κ3) is 2.83. The van der Waals surface area contributed by atoms with E-state index in [4.69, 9.17) is 5.73 Å². The van der Waals surface area contributed by atoms with E-state index < -0.39 is 5.60 Å². The van der Waals surface area contributed by atoms with Gasteiger partial charge in [-0.05, 0) is 19.9 Å². The third-order valence-electron chi connectivity index (χ3n) is 2.87. The quantitative estimate of drug-likeness (QED) is 0.811. The van der Waals surface area contributed by atoms with Crippen molar-refractivity contribution in [1.82, 2.24) is 9.88 Å². The second-order valence-electron chi connectivity index (χ2n) is 4.64. The second-order valence-corrected chi connectivity index (χ2v) is 5.58. The molecule has 0 radical (unpaired) electrons. The summed E-state index contributed by atoms with van der Waals surface area (Å²) in [5.41, 5.74) is 5.15. The first-order valence-electron chi connectivity index (χ1n) is 5.68. The van der Waals surface area contributed by atoms with Crippen LogP contribution in [0.2, 0.25) is 0 Å². The van der Waals surface area contributed by atoms with E-state index in [9.17, 15) is 9.90 Å². The van der Waals surface area contributed by atoms with Gasteiger partial charge in [-0.3, -0.25) is 4.79 Å². The molecule has 1 atom stereocenters. The smallest absolute Gasteiger partial charge is 0.273 e. The van der Waals surface area contributed by atoms with Gasteiger partial charge in [0.1, 0.15) is 5.69 Å². The summed E-state index contributed by atoms with van der Waals surface area (Å²) in [6.07, 6.45) is 1.33. The highest BCUT2D eigenvalue weighted by molar-refractivity contribution is 7.09. The number of nitrogens with two attached hydrogens (primary N) is 1. The van der Waals surface area contributed by atoms with Gasteiger partial charge in [-0.1, -0.05) is 0 Å². The molecule has 5 nitrogen and oxygen atoms in total. The standard InChI is InChI=1S/C11H17N3O2S/c1-11(16)3-5-14(7-11)10(15)8-6-17-9(13-8)2-4-12/h6,16H,2-5,7,12H2,1H3. The highest BCUT2D eigenvalue weighted by Crippen LogP contribution is 2.22. The summed E-state index contributed by atoms with van der Waals surface area (Å²) in [5, 5.41) is 12.5. The minimum absolute atomic E-state index is 0.0951. The molecule has 94 valence electrons. The van der Waals surface area contributed by atoms with Crippen LogP contribution in [0.5, 0.6) is 0 Å². The number of amides is 1. The molecule has 2 rings (SSSR count). The average Bonchev–Trinajstić information content (AvgIpc) is 2.85. The van der Waals surface area contributed by atoms with Crippen molar-refractivity contribution in [1.29, 1.82) is 0 Å². The van der Waals surface area contributed by atoms with Gasteiger partial charge in [0.05, 0.1) is 10.6 Å². The van der Waals surface area contributed by atoms with Crippen LogP contribution in [0.1, 0.15) is 28.8 Å². The number of thiazole rings is 1. The van der Waals surface area contributed by atoms with Crippen molar-refractivity contribution in [2.45, 2.75) is 25.4 Å². The number of nitrogens with zero attached hydrogens (tertiary/aromatic N) is 2.